The van der Waals surface area contributed by atoms with Crippen molar-refractivity contribution in [2.24, 2.45) is 0 Å². The molecular formula is C12H18N4O3. The fourth-order valence-electron chi connectivity index (χ4n) is 1.86. The molecule has 2 rings (SSSR count). The molecular weight excluding hydrogens is 248 g/mol. The molecule has 0 aromatic carbocycles. The summed E-state index contributed by atoms with van der Waals surface area (Å²) in [4.78, 5) is 28.1. The molecule has 104 valence electrons. The van der Waals surface area contributed by atoms with Crippen LogP contribution in [-0.2, 0) is 11.3 Å². The Kier molecular flexibility index (Phi) is 4.38. The van der Waals surface area contributed by atoms with E-state index in [9.17, 15) is 9.59 Å². The summed E-state index contributed by atoms with van der Waals surface area (Å²) in [5.74, 6) is -0.878. The molecule has 1 aromatic heterocycles. The van der Waals surface area contributed by atoms with Gasteiger partial charge in [0.05, 0.1) is 12.7 Å². The molecule has 1 saturated carbocycles. The molecule has 1 heterocycles. The summed E-state index contributed by atoms with van der Waals surface area (Å²) in [5.41, 5.74) is 0. The van der Waals surface area contributed by atoms with Gasteiger partial charge in [0.1, 0.15) is 0 Å². The molecule has 7 nitrogen and oxygen atoms in total. The normalized spacial score (nSPS) is 14.1. The summed E-state index contributed by atoms with van der Waals surface area (Å²) in [6.07, 6.45) is 7.13. The van der Waals surface area contributed by atoms with Gasteiger partial charge in [-0.2, -0.15) is 0 Å². The zero-order valence-corrected chi connectivity index (χ0v) is 10.7. The minimum absolute atomic E-state index is 0.00849. The maximum Gasteiger partial charge on any atom is 0.317 e. The van der Waals surface area contributed by atoms with Crippen LogP contribution in [0.1, 0.15) is 19.3 Å². The predicted molar refractivity (Wildman–Crippen MR) is 67.6 cm³/mol. The Hall–Kier alpha value is -2.05. The first-order chi connectivity index (χ1) is 9.16. The van der Waals surface area contributed by atoms with Crippen LogP contribution in [0.2, 0.25) is 0 Å². The monoisotopic (exact) mass is 266 g/mol. The van der Waals surface area contributed by atoms with E-state index in [1.165, 1.54) is 0 Å². The van der Waals surface area contributed by atoms with Gasteiger partial charge in [-0.15, -0.1) is 0 Å². The molecule has 7 heteroatoms. The number of rotatable bonds is 7. The van der Waals surface area contributed by atoms with E-state index in [1.807, 2.05) is 10.8 Å². The Balaban J connectivity index is 1.74. The van der Waals surface area contributed by atoms with Crippen LogP contribution < -0.4 is 5.32 Å². The van der Waals surface area contributed by atoms with Gasteiger partial charge >= 0.3 is 12.0 Å². The maximum atomic E-state index is 12.0. The van der Waals surface area contributed by atoms with Gasteiger partial charge in [0, 0.05) is 38.1 Å². The first-order valence-electron chi connectivity index (χ1n) is 6.39. The van der Waals surface area contributed by atoms with Gasteiger partial charge < -0.3 is 19.9 Å². The van der Waals surface area contributed by atoms with Crippen LogP contribution in [-0.4, -0.2) is 50.7 Å². The highest BCUT2D eigenvalue weighted by atomic mass is 16.4. The van der Waals surface area contributed by atoms with E-state index in [1.54, 1.807) is 17.4 Å². The first-order valence-corrected chi connectivity index (χ1v) is 6.39. The van der Waals surface area contributed by atoms with E-state index in [-0.39, 0.29) is 25.0 Å². The third kappa shape index (κ3) is 4.27. The second-order valence-electron chi connectivity index (χ2n) is 4.60. The molecule has 2 amide bonds. The highest BCUT2D eigenvalue weighted by Crippen LogP contribution is 2.26. The van der Waals surface area contributed by atoms with Gasteiger partial charge in [0.25, 0.3) is 0 Å². The molecule has 0 unspecified atom stereocenters. The molecule has 0 atom stereocenters. The van der Waals surface area contributed by atoms with E-state index in [2.05, 4.69) is 10.3 Å². The lowest BCUT2D eigenvalue weighted by atomic mass is 10.4. The van der Waals surface area contributed by atoms with E-state index in [0.29, 0.717) is 13.1 Å². The number of aromatic nitrogens is 2. The lowest BCUT2D eigenvalue weighted by molar-refractivity contribution is -0.137. The number of carboxylic acid groups (broad SMARTS) is 1. The molecule has 1 aliphatic rings. The third-order valence-electron chi connectivity index (χ3n) is 3.02. The van der Waals surface area contributed by atoms with E-state index in [0.717, 1.165) is 12.8 Å². The topological polar surface area (TPSA) is 87.5 Å². The van der Waals surface area contributed by atoms with Crippen LogP contribution >= 0.6 is 0 Å². The Bertz CT molecular complexity index is 428. The van der Waals surface area contributed by atoms with Gasteiger partial charge in [-0.25, -0.2) is 9.78 Å². The summed E-state index contributed by atoms with van der Waals surface area (Å²) in [6.45, 7) is 1.44. The van der Waals surface area contributed by atoms with Crippen molar-refractivity contribution in [3.63, 3.8) is 0 Å². The Morgan fingerprint density at radius 3 is 2.84 bits per heavy atom. The van der Waals surface area contributed by atoms with Crippen LogP contribution in [0.4, 0.5) is 4.79 Å². The minimum Gasteiger partial charge on any atom is -0.481 e. The summed E-state index contributed by atoms with van der Waals surface area (Å²) in [5, 5.41) is 11.5. The lowest BCUT2D eigenvalue weighted by Crippen LogP contribution is -2.43. The average Bonchev–Trinajstić information content (AvgIpc) is 3.06. The largest absolute Gasteiger partial charge is 0.481 e. The molecule has 0 radical (unpaired) electrons. The van der Waals surface area contributed by atoms with Crippen LogP contribution in [0.25, 0.3) is 0 Å². The Morgan fingerprint density at radius 2 is 2.26 bits per heavy atom. The smallest absolute Gasteiger partial charge is 0.317 e. The molecule has 0 aliphatic heterocycles. The fraction of sp³-hybridized carbons (Fsp3) is 0.583. The number of carbonyl (C=O) groups is 2. The van der Waals surface area contributed by atoms with Crippen LogP contribution in [0.5, 0.6) is 0 Å². The zero-order valence-electron chi connectivity index (χ0n) is 10.7. The van der Waals surface area contributed by atoms with Crippen molar-refractivity contribution < 1.29 is 14.7 Å². The van der Waals surface area contributed by atoms with Gasteiger partial charge in [-0.1, -0.05) is 0 Å². The highest BCUT2D eigenvalue weighted by molar-refractivity contribution is 5.76. The van der Waals surface area contributed by atoms with Crippen LogP contribution in [0, 0.1) is 0 Å². The summed E-state index contributed by atoms with van der Waals surface area (Å²) in [6, 6.07) is 0.0384. The number of carbonyl (C=O) groups excluding carboxylic acids is 1. The first kappa shape index (κ1) is 13.4. The highest BCUT2D eigenvalue weighted by Gasteiger charge is 2.32. The van der Waals surface area contributed by atoms with Crippen molar-refractivity contribution >= 4 is 12.0 Å². The van der Waals surface area contributed by atoms with Gasteiger partial charge in [0.15, 0.2) is 0 Å². The standard InChI is InChI=1S/C12H18N4O3/c17-11(18)3-6-16(10-1-2-10)12(19)14-5-8-15-7-4-13-9-15/h4,7,9-10H,1-3,5-6,8H2,(H,14,19)(H,17,18). The van der Waals surface area contributed by atoms with Gasteiger partial charge in [-0.05, 0) is 12.8 Å². The molecule has 1 aromatic rings. The van der Waals surface area contributed by atoms with Gasteiger partial charge in [-0.3, -0.25) is 4.79 Å². The van der Waals surface area contributed by atoms with Crippen molar-refractivity contribution in [3.05, 3.63) is 18.7 Å². The summed E-state index contributed by atoms with van der Waals surface area (Å²) >= 11 is 0. The molecule has 0 spiro atoms. The summed E-state index contributed by atoms with van der Waals surface area (Å²) < 4.78 is 1.87. The predicted octanol–water partition coefficient (Wildman–Crippen LogP) is 0.532. The number of urea groups is 1. The molecule has 19 heavy (non-hydrogen) atoms. The Morgan fingerprint density at radius 1 is 1.47 bits per heavy atom. The van der Waals surface area contributed by atoms with Crippen LogP contribution in [0.15, 0.2) is 18.7 Å². The number of nitrogens with zero attached hydrogens (tertiary/aromatic N) is 3. The van der Waals surface area contributed by atoms with Crippen LogP contribution in [0.3, 0.4) is 0 Å². The van der Waals surface area contributed by atoms with Crippen molar-refractivity contribution in [1.29, 1.82) is 0 Å². The zero-order chi connectivity index (χ0) is 13.7. The number of aliphatic carboxylic acids is 1. The number of hydrogen-bond acceptors (Lipinski definition) is 3. The van der Waals surface area contributed by atoms with E-state index < -0.39 is 5.97 Å². The SMILES string of the molecule is O=C(O)CCN(C(=O)NCCn1ccnc1)C1CC1. The van der Waals surface area contributed by atoms with Gasteiger partial charge in [0.2, 0.25) is 0 Å². The number of carboxylic acids is 1. The molecule has 0 bridgehead atoms. The molecule has 2 N–H and O–H groups in total. The average molecular weight is 266 g/mol. The van der Waals surface area contributed by atoms with Crippen molar-refractivity contribution in [2.45, 2.75) is 31.8 Å². The fourth-order valence-corrected chi connectivity index (χ4v) is 1.86. The molecule has 1 aliphatic carbocycles. The second-order valence-corrected chi connectivity index (χ2v) is 4.60. The second kappa shape index (κ2) is 6.21. The van der Waals surface area contributed by atoms with Crippen molar-refractivity contribution in [1.82, 2.24) is 19.8 Å². The van der Waals surface area contributed by atoms with E-state index >= 15 is 0 Å². The van der Waals surface area contributed by atoms with Crippen molar-refractivity contribution in [2.75, 3.05) is 13.1 Å². The van der Waals surface area contributed by atoms with E-state index in [4.69, 9.17) is 5.11 Å². The number of amides is 2. The lowest BCUT2D eigenvalue weighted by Gasteiger charge is -2.22. The quantitative estimate of drug-likeness (QED) is 0.753. The number of nitrogens with one attached hydrogen (secondary N) is 1. The Labute approximate surface area is 111 Å². The third-order valence-corrected chi connectivity index (χ3v) is 3.02. The molecule has 1 fully saturated rings. The minimum atomic E-state index is -0.878. The maximum absolute atomic E-state index is 12.0. The molecule has 0 saturated heterocycles. The number of imidazole rings is 1. The van der Waals surface area contributed by atoms with Crippen molar-refractivity contribution in [3.8, 4) is 0 Å². The summed E-state index contributed by atoms with van der Waals surface area (Å²) in [7, 11) is 0. The number of hydrogen-bond donors (Lipinski definition) is 2.